The number of morpholine rings is 1. The Morgan fingerprint density at radius 1 is 1.20 bits per heavy atom. The smallest absolute Gasteiger partial charge is 0.417 e. The number of Topliss-reactive ketones (excluding diaryl/α,β-unsaturated/α-hetero) is 1. The number of ketones is 1. The van der Waals surface area contributed by atoms with Crippen molar-refractivity contribution >= 4 is 29.2 Å². The number of nitrogens with one attached hydrogen (secondary N) is 1. The van der Waals surface area contributed by atoms with Crippen LogP contribution in [0.25, 0.3) is 0 Å². The molecule has 0 radical (unpaired) electrons. The first-order valence-corrected chi connectivity index (χ1v) is 10.5. The summed E-state index contributed by atoms with van der Waals surface area (Å²) in [6.45, 7) is 8.45. The summed E-state index contributed by atoms with van der Waals surface area (Å²) in [5, 5.41) is 3.25. The molecule has 2 heterocycles. The number of carbonyl (C=O) groups is 3. The summed E-state index contributed by atoms with van der Waals surface area (Å²) in [5.41, 5.74) is 2.25. The average molecular weight is 415 g/mol. The summed E-state index contributed by atoms with van der Waals surface area (Å²) >= 11 is 0. The zero-order valence-corrected chi connectivity index (χ0v) is 17.8. The molecule has 1 aliphatic carbocycles. The van der Waals surface area contributed by atoms with Crippen molar-refractivity contribution in [3.8, 4) is 0 Å². The van der Waals surface area contributed by atoms with E-state index in [4.69, 9.17) is 9.47 Å². The van der Waals surface area contributed by atoms with Crippen LogP contribution in [0, 0.1) is 5.92 Å². The third-order valence-corrected chi connectivity index (χ3v) is 5.48. The van der Waals surface area contributed by atoms with Crippen molar-refractivity contribution in [1.82, 2.24) is 4.90 Å². The number of benzene rings is 1. The van der Waals surface area contributed by atoms with Crippen molar-refractivity contribution in [2.45, 2.75) is 45.8 Å². The maximum absolute atomic E-state index is 12.9. The van der Waals surface area contributed by atoms with Gasteiger partial charge in [-0.1, -0.05) is 0 Å². The van der Waals surface area contributed by atoms with Crippen LogP contribution in [0.3, 0.4) is 0 Å². The molecule has 0 bridgehead atoms. The van der Waals surface area contributed by atoms with Gasteiger partial charge in [-0.15, -0.1) is 0 Å². The molecule has 162 valence electrons. The fourth-order valence-electron chi connectivity index (χ4n) is 3.75. The highest BCUT2D eigenvalue weighted by Crippen LogP contribution is 2.36. The van der Waals surface area contributed by atoms with E-state index >= 15 is 0 Å². The zero-order valence-electron chi connectivity index (χ0n) is 17.8. The van der Waals surface area contributed by atoms with E-state index in [1.807, 2.05) is 6.07 Å². The van der Waals surface area contributed by atoms with Gasteiger partial charge < -0.3 is 19.7 Å². The Kier molecular flexibility index (Phi) is 5.44. The minimum absolute atomic E-state index is 0.169. The van der Waals surface area contributed by atoms with E-state index in [1.165, 1.54) is 0 Å². The van der Waals surface area contributed by atoms with E-state index in [-0.39, 0.29) is 30.7 Å². The number of amides is 2. The summed E-state index contributed by atoms with van der Waals surface area (Å²) in [4.78, 5) is 41.0. The Morgan fingerprint density at radius 3 is 2.53 bits per heavy atom. The highest BCUT2D eigenvalue weighted by molar-refractivity contribution is 6.08. The topological polar surface area (TPSA) is 88.2 Å². The van der Waals surface area contributed by atoms with Crippen LogP contribution in [0.1, 0.15) is 49.5 Å². The van der Waals surface area contributed by atoms with Gasteiger partial charge in [0.25, 0.3) is 5.91 Å². The molecule has 1 saturated carbocycles. The molecule has 8 nitrogen and oxygen atoms in total. The molecule has 8 heteroatoms. The monoisotopic (exact) mass is 415 g/mol. The number of anilines is 2. The van der Waals surface area contributed by atoms with Crippen molar-refractivity contribution in [2.24, 2.45) is 5.92 Å². The Labute approximate surface area is 176 Å². The maximum atomic E-state index is 12.9. The van der Waals surface area contributed by atoms with Crippen LogP contribution in [0.2, 0.25) is 0 Å². The molecular formula is C22H29N3O5. The van der Waals surface area contributed by atoms with Crippen molar-refractivity contribution in [1.29, 1.82) is 0 Å². The van der Waals surface area contributed by atoms with Gasteiger partial charge in [-0.25, -0.2) is 9.69 Å². The highest BCUT2D eigenvalue weighted by Gasteiger charge is 2.36. The van der Waals surface area contributed by atoms with E-state index in [0.717, 1.165) is 47.8 Å². The molecule has 1 aromatic carbocycles. The predicted octanol–water partition coefficient (Wildman–Crippen LogP) is 2.81. The first-order chi connectivity index (χ1) is 14.2. The van der Waals surface area contributed by atoms with Gasteiger partial charge in [-0.2, -0.15) is 0 Å². The third-order valence-electron chi connectivity index (χ3n) is 5.48. The van der Waals surface area contributed by atoms with E-state index < -0.39 is 11.7 Å². The first-order valence-electron chi connectivity index (χ1n) is 10.5. The largest absolute Gasteiger partial charge is 0.443 e. The summed E-state index contributed by atoms with van der Waals surface area (Å²) in [6.07, 6.45) is 1.28. The van der Waals surface area contributed by atoms with Crippen LogP contribution in [-0.4, -0.2) is 61.1 Å². The molecule has 4 rings (SSSR count). The Bertz CT molecular complexity index is 866. The third kappa shape index (κ3) is 4.43. The number of rotatable bonds is 5. The van der Waals surface area contributed by atoms with Gasteiger partial charge in [0.2, 0.25) is 0 Å². The van der Waals surface area contributed by atoms with Gasteiger partial charge in [0, 0.05) is 24.6 Å². The molecule has 2 fully saturated rings. The van der Waals surface area contributed by atoms with Gasteiger partial charge in [0.05, 0.1) is 37.7 Å². The second-order valence-electron chi connectivity index (χ2n) is 9.09. The van der Waals surface area contributed by atoms with Crippen molar-refractivity contribution in [3.05, 3.63) is 23.3 Å². The summed E-state index contributed by atoms with van der Waals surface area (Å²) in [6, 6.07) is 3.72. The lowest BCUT2D eigenvalue weighted by Crippen LogP contribution is -2.37. The Hall–Kier alpha value is -2.61. The fraction of sp³-hybridized carbons (Fsp3) is 0.591. The second-order valence-corrected chi connectivity index (χ2v) is 9.09. The number of carbonyl (C=O) groups excluding carboxylic acids is 3. The highest BCUT2D eigenvalue weighted by atomic mass is 16.6. The van der Waals surface area contributed by atoms with Crippen LogP contribution in [-0.2, 0) is 20.8 Å². The second kappa shape index (κ2) is 7.91. The molecule has 30 heavy (non-hydrogen) atoms. The normalized spacial score (nSPS) is 19.0. The zero-order chi connectivity index (χ0) is 21.5. The molecule has 0 atom stereocenters. The predicted molar refractivity (Wildman–Crippen MR) is 112 cm³/mol. The van der Waals surface area contributed by atoms with Gasteiger partial charge in [0.15, 0.2) is 5.78 Å². The van der Waals surface area contributed by atoms with Crippen LogP contribution < -0.4 is 10.2 Å². The van der Waals surface area contributed by atoms with E-state index in [0.29, 0.717) is 18.8 Å². The van der Waals surface area contributed by atoms with Gasteiger partial charge in [-0.3, -0.25) is 9.59 Å². The van der Waals surface area contributed by atoms with Gasteiger partial charge in [-0.05, 0) is 51.3 Å². The molecule has 1 aromatic rings. The lowest BCUT2D eigenvalue weighted by Gasteiger charge is -2.31. The van der Waals surface area contributed by atoms with Crippen LogP contribution in [0.15, 0.2) is 12.1 Å². The van der Waals surface area contributed by atoms with E-state index in [2.05, 4.69) is 10.2 Å². The summed E-state index contributed by atoms with van der Waals surface area (Å²) < 4.78 is 10.9. The average Bonchev–Trinajstić information content (AvgIpc) is 3.49. The Morgan fingerprint density at radius 2 is 1.90 bits per heavy atom. The van der Waals surface area contributed by atoms with Crippen molar-refractivity contribution < 1.29 is 23.9 Å². The van der Waals surface area contributed by atoms with E-state index in [1.54, 1.807) is 26.8 Å². The number of fused-ring (bicyclic) bond motifs is 1. The quantitative estimate of drug-likeness (QED) is 0.791. The molecular weight excluding hydrogens is 386 g/mol. The minimum atomic E-state index is -0.680. The minimum Gasteiger partial charge on any atom is -0.443 e. The number of hydrogen-bond donors (Lipinski definition) is 1. The van der Waals surface area contributed by atoms with Crippen molar-refractivity contribution in [2.75, 3.05) is 43.1 Å². The standard InChI is InChI=1S/C22H29N3O5/c1-22(2,3)30-21(28)25-13-15-10-18(24-6-8-29-9-7-24)17(11-16(15)20(25)27)23-12-19(26)14-4-5-14/h10-11,14,23H,4-9,12-13H2,1-3H3. The molecule has 2 aliphatic heterocycles. The summed E-state index contributed by atoms with van der Waals surface area (Å²) in [7, 11) is 0. The lowest BCUT2D eigenvalue weighted by atomic mass is 10.1. The molecule has 0 spiro atoms. The molecule has 1 N–H and O–H groups in total. The molecule has 0 aromatic heterocycles. The van der Waals surface area contributed by atoms with Crippen LogP contribution >= 0.6 is 0 Å². The lowest BCUT2D eigenvalue weighted by molar-refractivity contribution is -0.118. The van der Waals surface area contributed by atoms with Crippen molar-refractivity contribution in [3.63, 3.8) is 0 Å². The molecule has 3 aliphatic rings. The number of hydrogen-bond acceptors (Lipinski definition) is 7. The first kappa shape index (κ1) is 20.7. The van der Waals surface area contributed by atoms with Gasteiger partial charge >= 0.3 is 6.09 Å². The molecule has 0 unspecified atom stereocenters. The summed E-state index contributed by atoms with van der Waals surface area (Å²) in [5.74, 6) is -0.00228. The fourth-order valence-corrected chi connectivity index (χ4v) is 3.75. The maximum Gasteiger partial charge on any atom is 0.417 e. The number of ether oxygens (including phenoxy) is 2. The van der Waals surface area contributed by atoms with Crippen LogP contribution in [0.4, 0.5) is 16.2 Å². The Balaban J connectivity index is 1.60. The molecule has 1 saturated heterocycles. The van der Waals surface area contributed by atoms with E-state index in [9.17, 15) is 14.4 Å². The number of imide groups is 1. The molecule has 2 amide bonds. The van der Waals surface area contributed by atoms with Crippen LogP contribution in [0.5, 0.6) is 0 Å². The number of nitrogens with zero attached hydrogens (tertiary/aromatic N) is 2. The SMILES string of the molecule is CC(C)(C)OC(=O)N1Cc2cc(N3CCOCC3)c(NCC(=O)C3CC3)cc2C1=O. The van der Waals surface area contributed by atoms with Gasteiger partial charge in [0.1, 0.15) is 5.60 Å².